The second-order valence-electron chi connectivity index (χ2n) is 2.94. The van der Waals surface area contributed by atoms with Gasteiger partial charge in [0.1, 0.15) is 0 Å². The Morgan fingerprint density at radius 2 is 1.94 bits per heavy atom. The summed E-state index contributed by atoms with van der Waals surface area (Å²) in [5, 5.41) is 0.777. The maximum absolute atomic E-state index is 10.7. The first-order valence-electron chi connectivity index (χ1n) is 4.34. The number of amides is 1. The fraction of sp³-hybridized carbons (Fsp3) is 0. The molecule has 0 saturated heterocycles. The summed E-state index contributed by atoms with van der Waals surface area (Å²) < 4.78 is 12.5. The highest BCUT2D eigenvalue weighted by Gasteiger charge is 2.19. The molecule has 0 saturated carbocycles. The highest BCUT2D eigenvalue weighted by atomic mass is 35.5. The van der Waals surface area contributed by atoms with E-state index in [-0.39, 0.29) is 5.88 Å². The zero-order valence-corrected chi connectivity index (χ0v) is 10.5. The largest absolute Gasteiger partial charge is 0.411 e. The lowest BCUT2D eigenvalue weighted by Crippen LogP contribution is -2.16. The van der Waals surface area contributed by atoms with Crippen LogP contribution in [-0.2, 0) is 0 Å². The second-order valence-corrected chi connectivity index (χ2v) is 4.28. The van der Waals surface area contributed by atoms with Gasteiger partial charge in [0.2, 0.25) is 0 Å². The third kappa shape index (κ3) is 2.49. The van der Waals surface area contributed by atoms with Crippen LogP contribution in [0.25, 0.3) is 11.3 Å². The molecule has 2 N–H and O–H groups in total. The Morgan fingerprint density at radius 3 is 2.53 bits per heavy atom. The highest BCUT2D eigenvalue weighted by Crippen LogP contribution is 2.38. The molecule has 0 spiro atoms. The minimum atomic E-state index is -0.970. The minimum Gasteiger partial charge on any atom is -0.388 e. The van der Waals surface area contributed by atoms with Crippen LogP contribution >= 0.6 is 34.9 Å². The number of benzene rings is 1. The third-order valence-corrected chi connectivity index (χ3v) is 3.00. The standard InChI is InChI=1S/C9H5Cl2N3O2S/c10-4-2-1-3-5(11)6(4)7-8(14-17-13-7)16-9(12)15/h1-3H,(H2,12,15). The van der Waals surface area contributed by atoms with Gasteiger partial charge < -0.3 is 10.5 Å². The van der Waals surface area contributed by atoms with Crippen LogP contribution in [0.3, 0.4) is 0 Å². The predicted octanol–water partition coefficient (Wildman–Crippen LogP) is 2.97. The van der Waals surface area contributed by atoms with E-state index in [0.29, 0.717) is 21.3 Å². The molecule has 0 atom stereocenters. The van der Waals surface area contributed by atoms with Crippen LogP contribution in [-0.4, -0.2) is 14.8 Å². The maximum Gasteiger partial charge on any atom is 0.411 e. The van der Waals surface area contributed by atoms with E-state index in [1.807, 2.05) is 0 Å². The van der Waals surface area contributed by atoms with Gasteiger partial charge in [-0.05, 0) is 12.1 Å². The number of aromatic nitrogens is 2. The number of halogens is 2. The number of primary amides is 1. The van der Waals surface area contributed by atoms with Crippen LogP contribution in [0.4, 0.5) is 4.79 Å². The summed E-state index contributed by atoms with van der Waals surface area (Å²) in [6, 6.07) is 4.99. The molecule has 0 aliphatic rings. The van der Waals surface area contributed by atoms with Crippen molar-refractivity contribution in [2.45, 2.75) is 0 Å². The lowest BCUT2D eigenvalue weighted by molar-refractivity contribution is 0.209. The van der Waals surface area contributed by atoms with E-state index in [1.54, 1.807) is 18.2 Å². The lowest BCUT2D eigenvalue weighted by Gasteiger charge is -2.04. The maximum atomic E-state index is 10.7. The summed E-state index contributed by atoms with van der Waals surface area (Å²) in [5.74, 6) is -0.00231. The molecular weight excluding hydrogens is 285 g/mol. The Balaban J connectivity index is 2.53. The van der Waals surface area contributed by atoms with Gasteiger partial charge in [0.15, 0.2) is 5.69 Å². The van der Waals surface area contributed by atoms with E-state index in [1.165, 1.54) is 0 Å². The number of hydrogen-bond acceptors (Lipinski definition) is 5. The van der Waals surface area contributed by atoms with E-state index in [0.717, 1.165) is 11.7 Å². The molecule has 0 radical (unpaired) electrons. The molecule has 0 unspecified atom stereocenters. The van der Waals surface area contributed by atoms with Crippen molar-refractivity contribution in [3.05, 3.63) is 28.2 Å². The van der Waals surface area contributed by atoms with Gasteiger partial charge in [-0.25, -0.2) is 4.79 Å². The van der Waals surface area contributed by atoms with Gasteiger partial charge >= 0.3 is 6.09 Å². The molecule has 1 heterocycles. The molecule has 1 aromatic carbocycles. The van der Waals surface area contributed by atoms with Gasteiger partial charge in [0.05, 0.1) is 21.8 Å². The first-order chi connectivity index (χ1) is 8.09. The van der Waals surface area contributed by atoms with Crippen molar-refractivity contribution in [2.75, 3.05) is 0 Å². The van der Waals surface area contributed by atoms with Crippen LogP contribution in [0.2, 0.25) is 10.0 Å². The molecule has 1 amide bonds. The molecule has 5 nitrogen and oxygen atoms in total. The smallest absolute Gasteiger partial charge is 0.388 e. The van der Waals surface area contributed by atoms with Crippen molar-refractivity contribution in [3.63, 3.8) is 0 Å². The summed E-state index contributed by atoms with van der Waals surface area (Å²) in [4.78, 5) is 10.7. The fourth-order valence-corrected chi connectivity index (χ4v) is 2.29. The van der Waals surface area contributed by atoms with Crippen molar-refractivity contribution in [1.29, 1.82) is 0 Å². The van der Waals surface area contributed by atoms with Gasteiger partial charge in [-0.1, -0.05) is 29.3 Å². The van der Waals surface area contributed by atoms with Gasteiger partial charge in [0, 0.05) is 5.56 Å². The van der Waals surface area contributed by atoms with Gasteiger partial charge in [-0.2, -0.15) is 4.37 Å². The van der Waals surface area contributed by atoms with Crippen LogP contribution in [0.15, 0.2) is 18.2 Å². The average Bonchev–Trinajstić information content (AvgIpc) is 2.65. The van der Waals surface area contributed by atoms with Crippen LogP contribution in [0, 0.1) is 0 Å². The zero-order valence-electron chi connectivity index (χ0n) is 8.18. The highest BCUT2D eigenvalue weighted by molar-refractivity contribution is 6.99. The van der Waals surface area contributed by atoms with Crippen molar-refractivity contribution < 1.29 is 9.53 Å². The van der Waals surface area contributed by atoms with E-state index in [4.69, 9.17) is 33.7 Å². The van der Waals surface area contributed by atoms with Crippen LogP contribution < -0.4 is 10.5 Å². The Labute approximate surface area is 110 Å². The Hall–Kier alpha value is -1.37. The average molecular weight is 290 g/mol. The number of rotatable bonds is 2. The predicted molar refractivity (Wildman–Crippen MR) is 65.6 cm³/mol. The first-order valence-corrected chi connectivity index (χ1v) is 5.82. The number of ether oxygens (including phenoxy) is 1. The Morgan fingerprint density at radius 1 is 1.29 bits per heavy atom. The number of carbonyl (C=O) groups is 1. The topological polar surface area (TPSA) is 78.1 Å². The summed E-state index contributed by atoms with van der Waals surface area (Å²) in [6.45, 7) is 0. The van der Waals surface area contributed by atoms with Crippen molar-refractivity contribution in [3.8, 4) is 17.1 Å². The number of hydrogen-bond donors (Lipinski definition) is 1. The molecule has 17 heavy (non-hydrogen) atoms. The Kier molecular flexibility index (Phi) is 3.46. The molecule has 0 fully saturated rings. The molecule has 8 heteroatoms. The van der Waals surface area contributed by atoms with Crippen LogP contribution in [0.5, 0.6) is 5.88 Å². The van der Waals surface area contributed by atoms with Gasteiger partial charge in [-0.3, -0.25) is 0 Å². The molecule has 0 aliphatic carbocycles. The molecular formula is C9H5Cl2N3O2S. The fourth-order valence-electron chi connectivity index (χ4n) is 1.22. The lowest BCUT2D eigenvalue weighted by atomic mass is 10.1. The second kappa shape index (κ2) is 4.87. The first kappa shape index (κ1) is 12.1. The van der Waals surface area contributed by atoms with E-state index < -0.39 is 6.09 Å². The molecule has 88 valence electrons. The quantitative estimate of drug-likeness (QED) is 0.922. The van der Waals surface area contributed by atoms with Crippen molar-refractivity contribution in [1.82, 2.24) is 8.75 Å². The summed E-state index contributed by atoms with van der Waals surface area (Å²) in [7, 11) is 0. The molecule has 0 aliphatic heterocycles. The third-order valence-electron chi connectivity index (χ3n) is 1.86. The van der Waals surface area contributed by atoms with E-state index >= 15 is 0 Å². The summed E-state index contributed by atoms with van der Waals surface area (Å²) in [6.07, 6.45) is -0.970. The summed E-state index contributed by atoms with van der Waals surface area (Å²) >= 11 is 12.9. The van der Waals surface area contributed by atoms with Gasteiger partial charge in [-0.15, -0.1) is 4.37 Å². The molecule has 2 rings (SSSR count). The number of carbonyl (C=O) groups excluding carboxylic acids is 1. The monoisotopic (exact) mass is 289 g/mol. The van der Waals surface area contributed by atoms with E-state index in [9.17, 15) is 4.79 Å². The molecule has 0 bridgehead atoms. The minimum absolute atomic E-state index is 0.00231. The number of nitrogens with two attached hydrogens (primary N) is 1. The normalized spacial score (nSPS) is 10.2. The molecule has 2 aromatic rings. The Bertz CT molecular complexity index is 553. The summed E-state index contributed by atoms with van der Waals surface area (Å²) in [5.41, 5.74) is 5.67. The molecule has 1 aromatic heterocycles. The zero-order chi connectivity index (χ0) is 12.4. The van der Waals surface area contributed by atoms with E-state index in [2.05, 4.69) is 8.75 Å². The van der Waals surface area contributed by atoms with Crippen molar-refractivity contribution in [2.24, 2.45) is 5.73 Å². The van der Waals surface area contributed by atoms with Crippen LogP contribution in [0.1, 0.15) is 0 Å². The van der Waals surface area contributed by atoms with Crippen molar-refractivity contribution >= 4 is 41.0 Å². The van der Waals surface area contributed by atoms with Gasteiger partial charge in [0.25, 0.3) is 5.88 Å². The number of nitrogens with zero attached hydrogens (tertiary/aromatic N) is 2. The SMILES string of the molecule is NC(=O)Oc1nsnc1-c1c(Cl)cccc1Cl.